The summed E-state index contributed by atoms with van der Waals surface area (Å²) in [6.07, 6.45) is 1.37. The van der Waals surface area contributed by atoms with Crippen LogP contribution in [-0.4, -0.2) is 25.5 Å². The van der Waals surface area contributed by atoms with Gasteiger partial charge < -0.3 is 10.2 Å². The van der Waals surface area contributed by atoms with E-state index in [2.05, 4.69) is 16.3 Å². The molecule has 0 saturated heterocycles. The lowest BCUT2D eigenvalue weighted by atomic mass is 10.2. The molecular formula is C13H15N3O. The minimum atomic E-state index is -0.0167. The van der Waals surface area contributed by atoms with Gasteiger partial charge in [-0.15, -0.1) is 0 Å². The van der Waals surface area contributed by atoms with Gasteiger partial charge >= 0.3 is 0 Å². The molecule has 0 aromatic heterocycles. The highest BCUT2D eigenvalue weighted by molar-refractivity contribution is 5.82. The van der Waals surface area contributed by atoms with Crippen LogP contribution in [0.3, 0.4) is 0 Å². The van der Waals surface area contributed by atoms with Gasteiger partial charge in [0.1, 0.15) is 0 Å². The lowest BCUT2D eigenvalue weighted by Crippen LogP contribution is -2.36. The molecule has 0 fully saturated rings. The first-order valence-electron chi connectivity index (χ1n) is 5.78. The molecule has 1 N–H and O–H groups in total. The molecule has 0 spiro atoms. The van der Waals surface area contributed by atoms with E-state index in [1.807, 2.05) is 24.3 Å². The first-order valence-corrected chi connectivity index (χ1v) is 5.78. The predicted octanol–water partition coefficient (Wildman–Crippen LogP) is 1.08. The van der Waals surface area contributed by atoms with E-state index in [0.717, 1.165) is 18.7 Å². The lowest BCUT2D eigenvalue weighted by molar-refractivity contribution is -0.119. The maximum absolute atomic E-state index is 11.6. The van der Waals surface area contributed by atoms with Crippen molar-refractivity contribution in [3.63, 3.8) is 0 Å². The number of fused-ring (bicyclic) bond motifs is 1. The van der Waals surface area contributed by atoms with Crippen molar-refractivity contribution in [1.29, 1.82) is 5.26 Å². The zero-order valence-corrected chi connectivity index (χ0v) is 9.65. The molecule has 1 aromatic rings. The molecule has 17 heavy (non-hydrogen) atoms. The average Bonchev–Trinajstić information content (AvgIpc) is 2.73. The minimum Gasteiger partial charge on any atom is -0.362 e. The summed E-state index contributed by atoms with van der Waals surface area (Å²) in [6, 6.07) is 10.2. The van der Waals surface area contributed by atoms with Crippen LogP contribution in [0.2, 0.25) is 0 Å². The second kappa shape index (κ2) is 5.35. The van der Waals surface area contributed by atoms with Crippen LogP contribution in [0.25, 0.3) is 0 Å². The van der Waals surface area contributed by atoms with Crippen LogP contribution in [0, 0.1) is 11.3 Å². The first kappa shape index (κ1) is 11.5. The number of anilines is 1. The highest BCUT2D eigenvalue weighted by Crippen LogP contribution is 2.26. The van der Waals surface area contributed by atoms with E-state index in [1.54, 1.807) is 0 Å². The van der Waals surface area contributed by atoms with Gasteiger partial charge in [-0.05, 0) is 18.1 Å². The molecule has 2 rings (SSSR count). The Hall–Kier alpha value is -2.02. The number of hydrogen-bond acceptors (Lipinski definition) is 3. The number of nitrogens with zero attached hydrogens (tertiary/aromatic N) is 2. The minimum absolute atomic E-state index is 0.0167. The maximum atomic E-state index is 11.6. The molecule has 0 aliphatic carbocycles. The van der Waals surface area contributed by atoms with Gasteiger partial charge in [-0.1, -0.05) is 18.2 Å². The van der Waals surface area contributed by atoms with Crippen molar-refractivity contribution in [3.8, 4) is 6.07 Å². The summed E-state index contributed by atoms with van der Waals surface area (Å²) >= 11 is 0. The Morgan fingerprint density at radius 2 is 2.29 bits per heavy atom. The van der Waals surface area contributed by atoms with Crippen molar-refractivity contribution in [1.82, 2.24) is 5.32 Å². The Balaban J connectivity index is 1.89. The Bertz CT molecular complexity index is 450. The third kappa shape index (κ3) is 2.76. The average molecular weight is 229 g/mol. The Labute approximate surface area is 101 Å². The van der Waals surface area contributed by atoms with Crippen LogP contribution < -0.4 is 10.2 Å². The summed E-state index contributed by atoms with van der Waals surface area (Å²) in [4.78, 5) is 13.7. The number of hydrogen-bond donors (Lipinski definition) is 1. The van der Waals surface area contributed by atoms with Gasteiger partial charge in [-0.25, -0.2) is 0 Å². The molecule has 0 saturated carbocycles. The summed E-state index contributed by atoms with van der Waals surface area (Å²) in [5.41, 5.74) is 2.46. The third-order valence-electron chi connectivity index (χ3n) is 2.88. The molecule has 88 valence electrons. The zero-order chi connectivity index (χ0) is 12.1. The van der Waals surface area contributed by atoms with Gasteiger partial charge in [0.15, 0.2) is 0 Å². The fourth-order valence-corrected chi connectivity index (χ4v) is 2.06. The van der Waals surface area contributed by atoms with E-state index < -0.39 is 0 Å². The van der Waals surface area contributed by atoms with E-state index in [-0.39, 0.29) is 5.91 Å². The SMILES string of the molecule is N#CCCNC(=O)CN1CCc2ccccc21. The fourth-order valence-electron chi connectivity index (χ4n) is 2.06. The third-order valence-corrected chi connectivity index (χ3v) is 2.88. The molecular weight excluding hydrogens is 214 g/mol. The summed E-state index contributed by atoms with van der Waals surface area (Å²) in [6.45, 7) is 1.71. The summed E-state index contributed by atoms with van der Waals surface area (Å²) in [5, 5.41) is 11.1. The van der Waals surface area contributed by atoms with Gasteiger partial charge in [0, 0.05) is 18.8 Å². The molecule has 0 unspecified atom stereocenters. The van der Waals surface area contributed by atoms with Crippen molar-refractivity contribution in [3.05, 3.63) is 29.8 Å². The van der Waals surface area contributed by atoms with E-state index in [1.165, 1.54) is 5.56 Å². The first-order chi connectivity index (χ1) is 8.31. The molecule has 0 atom stereocenters. The molecule has 4 nitrogen and oxygen atoms in total. The van der Waals surface area contributed by atoms with Crippen LogP contribution in [-0.2, 0) is 11.2 Å². The maximum Gasteiger partial charge on any atom is 0.239 e. The Morgan fingerprint density at radius 3 is 3.12 bits per heavy atom. The molecule has 1 aromatic carbocycles. The van der Waals surface area contributed by atoms with Crippen LogP contribution in [0.5, 0.6) is 0 Å². The van der Waals surface area contributed by atoms with Crippen LogP contribution >= 0.6 is 0 Å². The van der Waals surface area contributed by atoms with Crippen molar-refractivity contribution in [2.45, 2.75) is 12.8 Å². The number of benzene rings is 1. The number of para-hydroxylation sites is 1. The zero-order valence-electron chi connectivity index (χ0n) is 9.65. The summed E-state index contributed by atoms with van der Waals surface area (Å²) < 4.78 is 0. The standard InChI is InChI=1S/C13H15N3O/c14-7-3-8-15-13(17)10-16-9-6-11-4-1-2-5-12(11)16/h1-2,4-5H,3,6,8-10H2,(H,15,17). The second-order valence-corrected chi connectivity index (χ2v) is 4.06. The lowest BCUT2D eigenvalue weighted by Gasteiger charge is -2.18. The van der Waals surface area contributed by atoms with Gasteiger partial charge in [0.2, 0.25) is 5.91 Å². The molecule has 1 amide bonds. The van der Waals surface area contributed by atoms with Crippen molar-refractivity contribution in [2.75, 3.05) is 24.5 Å². The number of nitriles is 1. The molecule has 4 heteroatoms. The van der Waals surface area contributed by atoms with E-state index >= 15 is 0 Å². The molecule has 0 radical (unpaired) electrons. The van der Waals surface area contributed by atoms with Crippen LogP contribution in [0.4, 0.5) is 5.69 Å². The Kier molecular flexibility index (Phi) is 3.61. The number of carbonyl (C=O) groups is 1. The quantitative estimate of drug-likeness (QED) is 0.786. The van der Waals surface area contributed by atoms with E-state index in [0.29, 0.717) is 19.5 Å². The molecule has 1 heterocycles. The van der Waals surface area contributed by atoms with Crippen molar-refractivity contribution in [2.24, 2.45) is 0 Å². The van der Waals surface area contributed by atoms with Gasteiger partial charge in [-0.3, -0.25) is 4.79 Å². The normalized spacial score (nSPS) is 13.0. The van der Waals surface area contributed by atoms with Gasteiger partial charge in [0.25, 0.3) is 0 Å². The largest absolute Gasteiger partial charge is 0.362 e. The van der Waals surface area contributed by atoms with Gasteiger partial charge in [-0.2, -0.15) is 5.26 Å². The second-order valence-electron chi connectivity index (χ2n) is 4.06. The smallest absolute Gasteiger partial charge is 0.239 e. The van der Waals surface area contributed by atoms with Crippen molar-refractivity contribution < 1.29 is 4.79 Å². The molecule has 0 bridgehead atoms. The van der Waals surface area contributed by atoms with Crippen molar-refractivity contribution >= 4 is 11.6 Å². The van der Waals surface area contributed by atoms with E-state index in [9.17, 15) is 4.79 Å². The van der Waals surface area contributed by atoms with Crippen LogP contribution in [0.15, 0.2) is 24.3 Å². The summed E-state index contributed by atoms with van der Waals surface area (Å²) in [7, 11) is 0. The Morgan fingerprint density at radius 1 is 1.47 bits per heavy atom. The predicted molar refractivity (Wildman–Crippen MR) is 65.6 cm³/mol. The number of nitrogens with one attached hydrogen (secondary N) is 1. The number of amides is 1. The number of rotatable bonds is 4. The highest BCUT2D eigenvalue weighted by atomic mass is 16.2. The fraction of sp³-hybridized carbons (Fsp3) is 0.385. The number of carbonyl (C=O) groups excluding carboxylic acids is 1. The van der Waals surface area contributed by atoms with Gasteiger partial charge in [0.05, 0.1) is 19.0 Å². The molecule has 1 aliphatic heterocycles. The molecule has 1 aliphatic rings. The van der Waals surface area contributed by atoms with E-state index in [4.69, 9.17) is 5.26 Å². The van der Waals surface area contributed by atoms with Crippen LogP contribution in [0.1, 0.15) is 12.0 Å². The topological polar surface area (TPSA) is 56.1 Å². The monoisotopic (exact) mass is 229 g/mol. The highest BCUT2D eigenvalue weighted by Gasteiger charge is 2.19. The summed E-state index contributed by atoms with van der Waals surface area (Å²) in [5.74, 6) is -0.0167.